The maximum absolute atomic E-state index is 11.4. The zero-order valence-corrected chi connectivity index (χ0v) is 12.4. The quantitative estimate of drug-likeness (QED) is 0.282. The molecule has 0 spiro atoms. The Morgan fingerprint density at radius 2 is 1.75 bits per heavy atom. The summed E-state index contributed by atoms with van der Waals surface area (Å²) in [5.74, 6) is -1.36. The van der Waals surface area contributed by atoms with Crippen molar-refractivity contribution in [1.82, 2.24) is 5.32 Å². The van der Waals surface area contributed by atoms with Crippen LogP contribution in [-0.4, -0.2) is 37.5 Å². The van der Waals surface area contributed by atoms with Gasteiger partial charge in [0.25, 0.3) is 0 Å². The Balaban J connectivity index is 3.74. The molecule has 1 N–H and O–H groups in total. The highest BCUT2D eigenvalue weighted by Gasteiger charge is 2.06. The van der Waals surface area contributed by atoms with Crippen LogP contribution in [0, 0.1) is 0 Å². The number of unbranched alkanes of at least 4 members (excludes halogenated alkanes) is 1. The van der Waals surface area contributed by atoms with E-state index in [9.17, 15) is 14.4 Å². The molecule has 0 rings (SSSR count). The van der Waals surface area contributed by atoms with E-state index >= 15 is 0 Å². The van der Waals surface area contributed by atoms with Gasteiger partial charge in [0, 0.05) is 18.3 Å². The van der Waals surface area contributed by atoms with Crippen molar-refractivity contribution in [3.8, 4) is 0 Å². The monoisotopic (exact) mass is 285 g/mol. The van der Waals surface area contributed by atoms with Crippen LogP contribution in [0.1, 0.15) is 40.0 Å². The summed E-state index contributed by atoms with van der Waals surface area (Å²) in [4.78, 5) is 33.0. The Morgan fingerprint density at radius 1 is 1.10 bits per heavy atom. The normalized spacial score (nSPS) is 10.8. The molecule has 0 unspecified atom stereocenters. The van der Waals surface area contributed by atoms with Gasteiger partial charge in [-0.1, -0.05) is 13.3 Å². The zero-order chi connectivity index (χ0) is 15.4. The number of Topliss-reactive ketones (excluding diaryl/α,β-unsaturated/α-hetero) is 1. The predicted octanol–water partition coefficient (Wildman–Crippen LogP) is 1.35. The molecule has 0 aromatic heterocycles. The second-order valence-electron chi connectivity index (χ2n) is 4.37. The van der Waals surface area contributed by atoms with Gasteiger partial charge in [0.1, 0.15) is 25.4 Å². The predicted molar refractivity (Wildman–Crippen MR) is 73.9 cm³/mol. The highest BCUT2D eigenvalue weighted by molar-refractivity contribution is 5.94. The number of hydrogen-bond acceptors (Lipinski definition) is 6. The van der Waals surface area contributed by atoms with Crippen LogP contribution in [0.5, 0.6) is 0 Å². The molecule has 0 aliphatic carbocycles. The number of hydrogen-bond donors (Lipinski definition) is 1. The number of nitrogens with one attached hydrogen (secondary N) is 1. The lowest BCUT2D eigenvalue weighted by molar-refractivity contribution is -0.151. The van der Waals surface area contributed by atoms with E-state index in [1.165, 1.54) is 13.0 Å². The maximum Gasteiger partial charge on any atom is 0.332 e. The third kappa shape index (κ3) is 11.3. The minimum absolute atomic E-state index is 0.0266. The largest absolute Gasteiger partial charge is 0.462 e. The van der Waals surface area contributed by atoms with Gasteiger partial charge in [0.05, 0.1) is 0 Å². The topological polar surface area (TPSA) is 81.7 Å². The zero-order valence-electron chi connectivity index (χ0n) is 12.4. The van der Waals surface area contributed by atoms with Crippen molar-refractivity contribution < 1.29 is 23.9 Å². The molecule has 20 heavy (non-hydrogen) atoms. The average molecular weight is 285 g/mol. The van der Waals surface area contributed by atoms with Gasteiger partial charge in [0.15, 0.2) is 0 Å². The van der Waals surface area contributed by atoms with Gasteiger partial charge in [-0.05, 0) is 20.3 Å². The van der Waals surface area contributed by atoms with E-state index in [1.54, 1.807) is 6.92 Å². The molecule has 0 aromatic carbocycles. The van der Waals surface area contributed by atoms with E-state index in [4.69, 9.17) is 9.47 Å². The van der Waals surface area contributed by atoms with Crippen molar-refractivity contribution in [2.45, 2.75) is 40.0 Å². The van der Waals surface area contributed by atoms with Gasteiger partial charge in [-0.3, -0.25) is 9.59 Å². The summed E-state index contributed by atoms with van der Waals surface area (Å²) in [6, 6.07) is 0. The summed E-state index contributed by atoms with van der Waals surface area (Å²) in [5.41, 5.74) is 0.733. The van der Waals surface area contributed by atoms with Crippen LogP contribution in [-0.2, 0) is 23.9 Å². The molecule has 0 heterocycles. The molecule has 0 bridgehead atoms. The van der Waals surface area contributed by atoms with Gasteiger partial charge in [-0.25, -0.2) is 4.79 Å². The number of ketones is 1. The smallest absolute Gasteiger partial charge is 0.332 e. The van der Waals surface area contributed by atoms with Crippen LogP contribution in [0.3, 0.4) is 0 Å². The average Bonchev–Trinajstić information content (AvgIpc) is 2.34. The van der Waals surface area contributed by atoms with E-state index < -0.39 is 11.9 Å². The molecule has 0 saturated carbocycles. The van der Waals surface area contributed by atoms with Crippen molar-refractivity contribution >= 4 is 17.7 Å². The fraction of sp³-hybridized carbons (Fsp3) is 0.643. The van der Waals surface area contributed by atoms with Crippen LogP contribution < -0.4 is 5.32 Å². The lowest BCUT2D eigenvalue weighted by Crippen LogP contribution is -2.17. The molecular weight excluding hydrogens is 262 g/mol. The van der Waals surface area contributed by atoms with Crippen molar-refractivity contribution in [3.05, 3.63) is 11.8 Å². The van der Waals surface area contributed by atoms with Crippen molar-refractivity contribution in [2.24, 2.45) is 0 Å². The highest BCUT2D eigenvalue weighted by Crippen LogP contribution is 1.93. The molecule has 6 nitrogen and oxygen atoms in total. The number of esters is 2. The van der Waals surface area contributed by atoms with Gasteiger partial charge >= 0.3 is 11.9 Å². The van der Waals surface area contributed by atoms with Crippen LogP contribution in [0.15, 0.2) is 11.8 Å². The number of carbonyl (C=O) groups is 3. The van der Waals surface area contributed by atoms with E-state index in [1.807, 2.05) is 0 Å². The molecule has 0 radical (unpaired) electrons. The number of carbonyl (C=O) groups excluding carboxylic acids is 3. The second-order valence-corrected chi connectivity index (χ2v) is 4.37. The Labute approximate surface area is 119 Å². The summed E-state index contributed by atoms with van der Waals surface area (Å²) in [6.07, 6.45) is 3.21. The molecule has 0 aromatic rings. The second kappa shape index (κ2) is 11.0. The number of ether oxygens (including phenoxy) is 2. The summed E-state index contributed by atoms with van der Waals surface area (Å²) in [5, 5.41) is 3.08. The van der Waals surface area contributed by atoms with E-state index in [0.29, 0.717) is 0 Å². The maximum atomic E-state index is 11.4. The number of allylic oxidation sites excluding steroid dienone is 1. The highest BCUT2D eigenvalue weighted by atomic mass is 16.6. The van der Waals surface area contributed by atoms with Crippen LogP contribution in [0.4, 0.5) is 0 Å². The molecular formula is C14H23NO5. The minimum atomic E-state index is -0.610. The lowest BCUT2D eigenvalue weighted by Gasteiger charge is -2.06. The van der Waals surface area contributed by atoms with Gasteiger partial charge in [0.2, 0.25) is 0 Å². The van der Waals surface area contributed by atoms with Crippen molar-refractivity contribution in [3.63, 3.8) is 0 Å². The first-order valence-electron chi connectivity index (χ1n) is 6.69. The third-order valence-electron chi connectivity index (χ3n) is 2.25. The molecule has 0 fully saturated rings. The first-order chi connectivity index (χ1) is 9.45. The minimum Gasteiger partial charge on any atom is -0.462 e. The fourth-order valence-corrected chi connectivity index (χ4v) is 1.28. The molecule has 0 aliphatic rings. The van der Waals surface area contributed by atoms with Gasteiger partial charge in [-0.2, -0.15) is 0 Å². The molecule has 0 atom stereocenters. The molecule has 0 aliphatic heterocycles. The number of rotatable bonds is 10. The lowest BCUT2D eigenvalue weighted by atomic mass is 10.3. The third-order valence-corrected chi connectivity index (χ3v) is 2.25. The first-order valence-corrected chi connectivity index (χ1v) is 6.69. The Kier molecular flexibility index (Phi) is 10.00. The molecule has 6 heteroatoms. The van der Waals surface area contributed by atoms with Crippen LogP contribution in [0.25, 0.3) is 0 Å². The molecule has 0 saturated heterocycles. The van der Waals surface area contributed by atoms with Gasteiger partial charge < -0.3 is 14.8 Å². The summed E-state index contributed by atoms with van der Waals surface area (Å²) in [6.45, 7) is 5.91. The summed E-state index contributed by atoms with van der Waals surface area (Å²) >= 11 is 0. The van der Waals surface area contributed by atoms with Gasteiger partial charge in [-0.15, -0.1) is 0 Å². The van der Waals surface area contributed by atoms with Crippen molar-refractivity contribution in [2.75, 3.05) is 19.8 Å². The fourth-order valence-electron chi connectivity index (χ4n) is 1.28. The van der Waals surface area contributed by atoms with Crippen molar-refractivity contribution in [1.29, 1.82) is 0 Å². The summed E-state index contributed by atoms with van der Waals surface area (Å²) < 4.78 is 9.57. The Bertz CT molecular complexity index is 363. The SMILES string of the molecule is CCCCN/C(C)=C\C(=O)OCCOC(=O)CC(C)=O. The Morgan fingerprint density at radius 3 is 2.35 bits per heavy atom. The van der Waals surface area contributed by atoms with E-state index in [0.717, 1.165) is 25.1 Å². The first kappa shape index (κ1) is 18.1. The Hall–Kier alpha value is -1.85. The van der Waals surface area contributed by atoms with E-state index in [-0.39, 0.29) is 25.4 Å². The van der Waals surface area contributed by atoms with Crippen LogP contribution >= 0.6 is 0 Å². The molecule has 114 valence electrons. The molecule has 0 amide bonds. The van der Waals surface area contributed by atoms with E-state index in [2.05, 4.69) is 12.2 Å². The van der Waals surface area contributed by atoms with Crippen LogP contribution in [0.2, 0.25) is 0 Å². The standard InChI is InChI=1S/C14H23NO5/c1-4-5-6-15-11(2)9-13(17)19-7-8-20-14(18)10-12(3)16/h9,15H,4-8,10H2,1-3H3/b11-9-. The summed E-state index contributed by atoms with van der Waals surface area (Å²) in [7, 11) is 0.